The fraction of sp³-hybridized carbons (Fsp3) is 0.297. The number of aryl methyl sites for hydroxylation is 1. The first-order chi connectivity index (χ1) is 21.1. The van der Waals surface area contributed by atoms with E-state index < -0.39 is 9.68 Å². The van der Waals surface area contributed by atoms with Gasteiger partial charge in [-0.15, -0.1) is 11.3 Å². The monoisotopic (exact) mass is 631 g/mol. The summed E-state index contributed by atoms with van der Waals surface area (Å²) in [6.07, 6.45) is 4.27. The Balaban J connectivity index is 0.000000621. The van der Waals surface area contributed by atoms with E-state index in [0.717, 1.165) is 17.0 Å². The van der Waals surface area contributed by atoms with Crippen molar-refractivity contribution in [2.24, 2.45) is 0 Å². The van der Waals surface area contributed by atoms with Crippen molar-refractivity contribution >= 4 is 43.6 Å². The third-order valence-electron chi connectivity index (χ3n) is 6.98. The molecule has 6 heteroatoms. The van der Waals surface area contributed by atoms with Crippen LogP contribution in [-0.2, 0) is 0 Å². The number of ether oxygens (including phenoxy) is 1. The third-order valence-corrected chi connectivity index (χ3v) is 7.96. The van der Waals surface area contributed by atoms with Crippen molar-refractivity contribution in [3.05, 3.63) is 119 Å². The van der Waals surface area contributed by atoms with Gasteiger partial charge in [-0.3, -0.25) is 0 Å². The van der Waals surface area contributed by atoms with Crippen molar-refractivity contribution in [1.29, 1.82) is 10.4 Å². The van der Waals surface area contributed by atoms with Gasteiger partial charge in [-0.1, -0.05) is 64.6 Å². The number of hydrogen-bond donors (Lipinski definition) is 0. The van der Waals surface area contributed by atoms with Crippen LogP contribution in [0.3, 0.4) is 0 Å². The predicted molar refractivity (Wildman–Crippen MR) is 193 cm³/mol. The molecule has 0 saturated heterocycles. The molecule has 1 aliphatic rings. The van der Waals surface area contributed by atoms with E-state index in [-0.39, 0.29) is 37.0 Å². The molecular weight excluding hydrogens is 574 g/mol. The average Bonchev–Trinajstić information content (AvgIpc) is 3.46. The van der Waals surface area contributed by atoms with Gasteiger partial charge < -0.3 is 17.1 Å². The second kappa shape index (κ2) is 19.1. The van der Waals surface area contributed by atoms with Crippen molar-refractivity contribution in [1.82, 2.24) is 4.90 Å². The summed E-state index contributed by atoms with van der Waals surface area (Å²) in [4.78, 5) is 3.51. The predicted octanol–water partition coefficient (Wildman–Crippen LogP) is 7.62. The summed E-state index contributed by atoms with van der Waals surface area (Å²) >= 11 is 1.76. The van der Waals surface area contributed by atoms with E-state index in [1.54, 1.807) is 18.4 Å². The Labute approximate surface area is 295 Å². The van der Waals surface area contributed by atoms with Crippen LogP contribution in [0.15, 0.2) is 78.8 Å². The van der Waals surface area contributed by atoms with E-state index in [2.05, 4.69) is 126 Å². The maximum absolute atomic E-state index is 8.64. The Bertz CT molecular complexity index is 1640. The van der Waals surface area contributed by atoms with Crippen LogP contribution >= 0.6 is 21.0 Å². The van der Waals surface area contributed by atoms with Crippen LogP contribution in [0.2, 0.25) is 0 Å². The zero-order chi connectivity index (χ0) is 33.9. The number of nitriles is 1. The third kappa shape index (κ3) is 10.6. The zero-order valence-electron chi connectivity index (χ0n) is 31.6. The van der Waals surface area contributed by atoms with Gasteiger partial charge in [-0.25, -0.2) is 0 Å². The topological polar surface area (TPSA) is 36.3 Å². The molecule has 0 saturated carbocycles. The normalized spacial score (nSPS) is 12.7. The molecule has 3 nitrogen and oxygen atoms in total. The molecule has 0 spiro atoms. The number of nitrogens with zero attached hydrogens (tertiary/aromatic N) is 2. The summed E-state index contributed by atoms with van der Waals surface area (Å²) in [7, 11) is -1.66. The minimum absolute atomic E-state index is 0. The molecule has 0 bridgehead atoms. The van der Waals surface area contributed by atoms with Crippen molar-refractivity contribution in [3.8, 4) is 11.8 Å². The first kappa shape index (κ1) is 33.5. The molecule has 2 heterocycles. The van der Waals surface area contributed by atoms with Gasteiger partial charge in [0.1, 0.15) is 5.75 Å². The van der Waals surface area contributed by atoms with E-state index in [1.807, 2.05) is 18.2 Å². The van der Waals surface area contributed by atoms with E-state index in [9.17, 15) is 0 Å². The summed E-state index contributed by atoms with van der Waals surface area (Å²) in [5, 5.41) is 13.3. The van der Waals surface area contributed by atoms with Crippen molar-refractivity contribution < 1.29 is 34.3 Å². The van der Waals surface area contributed by atoms with Crippen molar-refractivity contribution in [2.45, 2.75) is 66.3 Å². The molecule has 0 radical (unpaired) electrons. The number of fused-ring (bicyclic) bond motifs is 2. The zero-order valence-corrected chi connectivity index (χ0v) is 31.3. The molecule has 0 atom stereocenters. The molecule has 0 unspecified atom stereocenters. The fourth-order valence-electron chi connectivity index (χ4n) is 4.79. The van der Waals surface area contributed by atoms with E-state index in [4.69, 9.17) is 15.1 Å². The first-order valence-corrected chi connectivity index (χ1v) is 14.8. The van der Waals surface area contributed by atoms with Crippen LogP contribution in [0.1, 0.15) is 86.1 Å². The van der Waals surface area contributed by atoms with Crippen LogP contribution in [0.4, 0.5) is 0 Å². The molecule has 4 aromatic rings. The minimum atomic E-state index is -3.39. The van der Waals surface area contributed by atoms with Gasteiger partial charge in [0.2, 0.25) is 0 Å². The van der Waals surface area contributed by atoms with Gasteiger partial charge in [0.05, 0.1) is 29.3 Å². The Hall–Kier alpha value is -2.38. The summed E-state index contributed by atoms with van der Waals surface area (Å²) in [5.41, 5.74) is 6.99. The van der Waals surface area contributed by atoms with Crippen LogP contribution in [0, 0.1) is 25.7 Å². The first-order valence-electron chi connectivity index (χ1n) is 15.7. The van der Waals surface area contributed by atoms with Crippen LogP contribution < -0.4 is 34.3 Å². The van der Waals surface area contributed by atoms with Gasteiger partial charge in [0, 0.05) is 12.2 Å². The van der Waals surface area contributed by atoms with Gasteiger partial charge >= 0.3 is 29.6 Å². The maximum Gasteiger partial charge on any atom is 1.00 e. The molecule has 1 aromatic heterocycles. The molecule has 0 fully saturated rings. The average molecular weight is 632 g/mol. The molecule has 43 heavy (non-hydrogen) atoms. The van der Waals surface area contributed by atoms with Gasteiger partial charge in [-0.2, -0.15) is 5.26 Å². The molecule has 3 aromatic carbocycles. The molecule has 0 N–H and O–H groups in total. The number of methoxy groups -OCH3 is 1. The minimum Gasteiger partial charge on any atom is -0.496 e. The second-order valence-corrected chi connectivity index (χ2v) is 11.8. The SMILES string of the molecule is C=C1c2sccc2C=CN1C(C)C.COc1cc2ccccc2cc1C(C)C.Cc1cc(C#N)ccc1C(C)C.[3H][P+]([3H])([3H])[3H].[CH3-].[Na+]. The van der Waals surface area contributed by atoms with E-state index in [1.165, 1.54) is 37.9 Å². The molecule has 5 rings (SSSR count). The van der Waals surface area contributed by atoms with Gasteiger partial charge in [0.25, 0.3) is 5.11 Å². The molecule has 0 aliphatic carbocycles. The van der Waals surface area contributed by atoms with Crippen molar-refractivity contribution in [3.63, 3.8) is 0 Å². The van der Waals surface area contributed by atoms with Crippen LogP contribution in [-0.4, -0.2) is 23.2 Å². The number of thiophene rings is 1. The quantitative estimate of drug-likeness (QED) is 0.132. The molecule has 0 amide bonds. The van der Waals surface area contributed by atoms with E-state index >= 15 is 0 Å². The second-order valence-electron chi connectivity index (χ2n) is 10.9. The van der Waals surface area contributed by atoms with Gasteiger partial charge in [-0.05, 0) is 117 Å². The largest absolute Gasteiger partial charge is 1.00 e. The summed E-state index contributed by atoms with van der Waals surface area (Å²) in [6, 6.07) is 23.3. The van der Waals surface area contributed by atoms with Gasteiger partial charge in [0.15, 0.2) is 0 Å². The van der Waals surface area contributed by atoms with E-state index in [0.29, 0.717) is 17.9 Å². The molecule has 1 aliphatic heterocycles. The molecule has 224 valence electrons. The maximum atomic E-state index is 8.64. The Morgan fingerprint density at radius 2 is 1.56 bits per heavy atom. The van der Waals surface area contributed by atoms with Crippen LogP contribution in [0.5, 0.6) is 5.75 Å². The Kier molecular flexibility index (Phi) is 14.9. The molecular formula is C37H49N2NaOPS+. The number of hydrogen-bond acceptors (Lipinski definition) is 4. The summed E-state index contributed by atoms with van der Waals surface area (Å²) < 4.78 is 29.6. The smallest absolute Gasteiger partial charge is 0.496 e. The van der Waals surface area contributed by atoms with Crippen LogP contribution in [0.25, 0.3) is 22.5 Å². The fourth-order valence-corrected chi connectivity index (χ4v) is 5.66. The number of rotatable bonds is 4. The Morgan fingerprint density at radius 1 is 0.953 bits per heavy atom. The summed E-state index contributed by atoms with van der Waals surface area (Å²) in [6.45, 7) is 19.2. The van der Waals surface area contributed by atoms with Crippen molar-refractivity contribution in [2.75, 3.05) is 7.11 Å². The number of benzene rings is 3. The summed E-state index contributed by atoms with van der Waals surface area (Å²) in [5.74, 6) is 2.02. The Morgan fingerprint density at radius 3 is 2.07 bits per heavy atom. The standard InChI is InChI=1S/C14H16O.C11H13NS.C11H13N.CH3.Na.H3P/c1-10(2)13-8-11-6-4-5-7-12(11)9-14(13)15-3;1-8(2)12-6-4-10-5-7-13-11(10)9(12)3;1-8(2)11-5-4-10(7-12)6-9(11)3;;;/h4-10H,1-3H3;4-8H,3H2,1-2H3;4-6,8H,1-3H3;1H3;;1H3/q;;;-1;+1;/p+1/i;;;;;1T3/hT.